The molecule has 0 aliphatic heterocycles. The van der Waals surface area contributed by atoms with Gasteiger partial charge in [-0.15, -0.1) is 0 Å². The zero-order valence-electron chi connectivity index (χ0n) is 11.1. The third kappa shape index (κ3) is 2.84. The van der Waals surface area contributed by atoms with Crippen molar-refractivity contribution in [3.8, 4) is 0 Å². The summed E-state index contributed by atoms with van der Waals surface area (Å²) < 4.78 is 0. The molecule has 0 saturated carbocycles. The highest BCUT2D eigenvalue weighted by molar-refractivity contribution is 5.36. The lowest BCUT2D eigenvalue weighted by Crippen LogP contribution is -2.28. The summed E-state index contributed by atoms with van der Waals surface area (Å²) in [6, 6.07) is 7.00. The van der Waals surface area contributed by atoms with E-state index in [-0.39, 0.29) is 16.0 Å². The third-order valence-electron chi connectivity index (χ3n) is 3.78. The van der Waals surface area contributed by atoms with E-state index in [0.29, 0.717) is 5.92 Å². The molecule has 0 radical (unpaired) electrons. The minimum absolute atomic E-state index is 0.101. The van der Waals surface area contributed by atoms with Crippen LogP contribution < -0.4 is 0 Å². The quantitative estimate of drug-likeness (QED) is 0.563. The molecule has 0 aliphatic rings. The van der Waals surface area contributed by atoms with Gasteiger partial charge in [0.1, 0.15) is 0 Å². The number of rotatable bonds is 5. The Morgan fingerprint density at radius 1 is 1.29 bits per heavy atom. The summed E-state index contributed by atoms with van der Waals surface area (Å²) in [5.74, 6) is 0.518. The van der Waals surface area contributed by atoms with Gasteiger partial charge in [0.05, 0.1) is 4.92 Å². The van der Waals surface area contributed by atoms with Gasteiger partial charge in [0.15, 0.2) is 0 Å². The fourth-order valence-electron chi connectivity index (χ4n) is 2.25. The van der Waals surface area contributed by atoms with Gasteiger partial charge in [-0.1, -0.05) is 46.2 Å². The predicted octanol–water partition coefficient (Wildman–Crippen LogP) is 4.31. The van der Waals surface area contributed by atoms with Crippen LogP contribution in [0.25, 0.3) is 0 Å². The number of hydrogen-bond donors (Lipinski definition) is 0. The lowest BCUT2D eigenvalue weighted by atomic mass is 9.70. The molecule has 1 atom stereocenters. The van der Waals surface area contributed by atoms with E-state index in [0.717, 1.165) is 12.8 Å². The van der Waals surface area contributed by atoms with Gasteiger partial charge in [0.25, 0.3) is 5.69 Å². The second kappa shape index (κ2) is 5.30. The van der Waals surface area contributed by atoms with Crippen LogP contribution in [-0.4, -0.2) is 4.92 Å². The van der Waals surface area contributed by atoms with Crippen molar-refractivity contribution in [2.45, 2.75) is 46.0 Å². The lowest BCUT2D eigenvalue weighted by Gasteiger charge is -2.34. The summed E-state index contributed by atoms with van der Waals surface area (Å²) >= 11 is 0. The van der Waals surface area contributed by atoms with E-state index in [1.165, 1.54) is 5.56 Å². The lowest BCUT2D eigenvalue weighted by molar-refractivity contribution is -0.384. The molecular weight excluding hydrogens is 214 g/mol. The number of benzene rings is 1. The zero-order valence-corrected chi connectivity index (χ0v) is 11.1. The average molecular weight is 235 g/mol. The Kier molecular flexibility index (Phi) is 4.27. The molecule has 0 amide bonds. The average Bonchev–Trinajstić information content (AvgIpc) is 2.29. The fourth-order valence-corrected chi connectivity index (χ4v) is 2.25. The molecule has 0 aliphatic carbocycles. The monoisotopic (exact) mass is 235 g/mol. The van der Waals surface area contributed by atoms with Crippen molar-refractivity contribution >= 4 is 5.69 Å². The van der Waals surface area contributed by atoms with E-state index in [1.807, 2.05) is 12.1 Å². The summed E-state index contributed by atoms with van der Waals surface area (Å²) in [6.45, 7) is 8.82. The molecule has 0 spiro atoms. The van der Waals surface area contributed by atoms with Gasteiger partial charge in [-0.3, -0.25) is 10.1 Å². The topological polar surface area (TPSA) is 43.1 Å². The van der Waals surface area contributed by atoms with Crippen LogP contribution in [0.15, 0.2) is 24.3 Å². The van der Waals surface area contributed by atoms with Crippen LogP contribution in [0.5, 0.6) is 0 Å². The second-order valence-electron chi connectivity index (χ2n) is 5.13. The maximum atomic E-state index is 10.6. The highest BCUT2D eigenvalue weighted by Gasteiger charge is 2.29. The molecule has 0 bridgehead atoms. The van der Waals surface area contributed by atoms with Crippen molar-refractivity contribution in [2.75, 3.05) is 0 Å². The van der Waals surface area contributed by atoms with Crippen LogP contribution in [0.3, 0.4) is 0 Å². The first-order valence-electron chi connectivity index (χ1n) is 6.16. The molecule has 0 heterocycles. The summed E-state index contributed by atoms with van der Waals surface area (Å²) in [5.41, 5.74) is 1.46. The van der Waals surface area contributed by atoms with Crippen molar-refractivity contribution in [1.82, 2.24) is 0 Å². The van der Waals surface area contributed by atoms with Crippen molar-refractivity contribution in [3.05, 3.63) is 39.9 Å². The van der Waals surface area contributed by atoms with E-state index in [4.69, 9.17) is 0 Å². The summed E-state index contributed by atoms with van der Waals surface area (Å²) in [6.07, 6.45) is 2.22. The highest BCUT2D eigenvalue weighted by atomic mass is 16.6. The Labute approximate surface area is 103 Å². The van der Waals surface area contributed by atoms with Crippen LogP contribution in [-0.2, 0) is 5.41 Å². The number of non-ortho nitro benzene ring substituents is 1. The molecule has 1 aromatic rings. The molecule has 0 fully saturated rings. The van der Waals surface area contributed by atoms with E-state index >= 15 is 0 Å². The number of nitrogens with zero attached hydrogens (tertiary/aromatic N) is 1. The third-order valence-corrected chi connectivity index (χ3v) is 3.78. The summed E-state index contributed by atoms with van der Waals surface area (Å²) in [4.78, 5) is 10.3. The minimum Gasteiger partial charge on any atom is -0.258 e. The number of nitro groups is 1. The maximum Gasteiger partial charge on any atom is 0.269 e. The van der Waals surface area contributed by atoms with Crippen molar-refractivity contribution in [3.63, 3.8) is 0 Å². The van der Waals surface area contributed by atoms with Gasteiger partial charge in [0, 0.05) is 12.1 Å². The van der Waals surface area contributed by atoms with Gasteiger partial charge in [-0.05, 0) is 23.3 Å². The molecule has 0 N–H and O–H groups in total. The molecule has 0 saturated heterocycles. The second-order valence-corrected chi connectivity index (χ2v) is 5.13. The minimum atomic E-state index is -0.351. The first kappa shape index (κ1) is 13.7. The van der Waals surface area contributed by atoms with Crippen LogP contribution in [0.2, 0.25) is 0 Å². The van der Waals surface area contributed by atoms with E-state index in [9.17, 15) is 10.1 Å². The van der Waals surface area contributed by atoms with Gasteiger partial charge >= 0.3 is 0 Å². The van der Waals surface area contributed by atoms with Gasteiger partial charge in [-0.2, -0.15) is 0 Å². The van der Waals surface area contributed by atoms with Gasteiger partial charge in [-0.25, -0.2) is 0 Å². The van der Waals surface area contributed by atoms with Crippen molar-refractivity contribution in [2.24, 2.45) is 5.92 Å². The Bertz CT molecular complexity index is 384. The predicted molar refractivity (Wildman–Crippen MR) is 70.2 cm³/mol. The molecule has 1 aromatic carbocycles. The zero-order chi connectivity index (χ0) is 13.1. The Balaban J connectivity index is 3.08. The van der Waals surface area contributed by atoms with Crippen LogP contribution >= 0.6 is 0 Å². The molecule has 1 unspecified atom stereocenters. The first-order valence-corrected chi connectivity index (χ1v) is 6.16. The fraction of sp³-hybridized carbons (Fsp3) is 0.571. The van der Waals surface area contributed by atoms with Crippen molar-refractivity contribution in [1.29, 1.82) is 0 Å². The van der Waals surface area contributed by atoms with Crippen molar-refractivity contribution < 1.29 is 4.92 Å². The Hall–Kier alpha value is -1.38. The number of nitro benzene ring substituents is 1. The standard InChI is InChI=1S/C14H21NO2/c1-5-10-14(4,11(2)3)12-6-8-13(9-7-12)15(16)17/h6-9,11H,5,10H2,1-4H3. The van der Waals surface area contributed by atoms with Crippen LogP contribution in [0.4, 0.5) is 5.69 Å². The largest absolute Gasteiger partial charge is 0.269 e. The molecule has 0 aromatic heterocycles. The van der Waals surface area contributed by atoms with E-state index < -0.39 is 0 Å². The Morgan fingerprint density at radius 3 is 2.18 bits per heavy atom. The van der Waals surface area contributed by atoms with Gasteiger partial charge < -0.3 is 0 Å². The molecule has 1 rings (SSSR count). The molecule has 17 heavy (non-hydrogen) atoms. The molecule has 3 heteroatoms. The number of hydrogen-bond acceptors (Lipinski definition) is 2. The maximum absolute atomic E-state index is 10.6. The molecule has 94 valence electrons. The van der Waals surface area contributed by atoms with E-state index in [1.54, 1.807) is 12.1 Å². The SMILES string of the molecule is CCCC(C)(c1ccc([N+](=O)[O-])cc1)C(C)C. The smallest absolute Gasteiger partial charge is 0.258 e. The summed E-state index contributed by atoms with van der Waals surface area (Å²) in [5, 5.41) is 10.6. The molecular formula is C14H21NO2. The highest BCUT2D eigenvalue weighted by Crippen LogP contribution is 2.36. The molecule has 3 nitrogen and oxygen atoms in total. The normalized spacial score (nSPS) is 14.6. The van der Waals surface area contributed by atoms with E-state index in [2.05, 4.69) is 27.7 Å². The van der Waals surface area contributed by atoms with Crippen LogP contribution in [0.1, 0.15) is 46.1 Å². The summed E-state index contributed by atoms with van der Waals surface area (Å²) in [7, 11) is 0. The Morgan fingerprint density at radius 2 is 1.82 bits per heavy atom. The first-order chi connectivity index (χ1) is 7.91. The van der Waals surface area contributed by atoms with Crippen LogP contribution in [0, 0.1) is 16.0 Å². The van der Waals surface area contributed by atoms with Gasteiger partial charge in [0.2, 0.25) is 0 Å².